The van der Waals surface area contributed by atoms with Crippen molar-refractivity contribution in [1.29, 1.82) is 0 Å². The van der Waals surface area contributed by atoms with Gasteiger partial charge in [0.1, 0.15) is 5.21 Å². The highest BCUT2D eigenvalue weighted by Gasteiger charge is 2.12. The van der Waals surface area contributed by atoms with Gasteiger partial charge < -0.3 is 0 Å². The molecule has 0 radical (unpaired) electrons. The zero-order valence-corrected chi connectivity index (χ0v) is 10.5. The molecule has 0 atom stereocenters. The van der Waals surface area contributed by atoms with E-state index < -0.39 is 4.92 Å². The molecule has 0 aliphatic carbocycles. The lowest BCUT2D eigenvalue weighted by Gasteiger charge is -1.94. The van der Waals surface area contributed by atoms with E-state index >= 15 is 0 Å². The lowest BCUT2D eigenvalue weighted by atomic mass is 10.3. The topological polar surface area (TPSA) is 64.8 Å². The Morgan fingerprint density at radius 2 is 1.75 bits per heavy atom. The number of nitro benzene ring substituents is 1. The third-order valence-electron chi connectivity index (χ3n) is 2.89. The SMILES string of the molecule is O=[N+]([O-])c1ccc(-[n+]2ccn(-c3ccccc3)n2)cc1. The van der Waals surface area contributed by atoms with Crippen LogP contribution in [0.1, 0.15) is 0 Å². The third-order valence-corrected chi connectivity index (χ3v) is 2.89. The van der Waals surface area contributed by atoms with E-state index in [0.717, 1.165) is 11.4 Å². The van der Waals surface area contributed by atoms with Crippen LogP contribution in [-0.4, -0.2) is 14.8 Å². The summed E-state index contributed by atoms with van der Waals surface area (Å²) in [6, 6.07) is 16.0. The summed E-state index contributed by atoms with van der Waals surface area (Å²) in [5.74, 6) is 0. The molecule has 1 aromatic heterocycles. The van der Waals surface area contributed by atoms with Gasteiger partial charge in [-0.25, -0.2) is 0 Å². The van der Waals surface area contributed by atoms with E-state index in [2.05, 4.69) is 5.21 Å². The van der Waals surface area contributed by atoms with E-state index in [1.165, 1.54) is 12.1 Å². The van der Waals surface area contributed by atoms with Crippen molar-refractivity contribution >= 4 is 5.69 Å². The van der Waals surface area contributed by atoms with Crippen LogP contribution in [0.4, 0.5) is 5.69 Å². The first-order valence-electron chi connectivity index (χ1n) is 6.02. The molecule has 0 unspecified atom stereocenters. The first kappa shape index (κ1) is 12.0. The zero-order chi connectivity index (χ0) is 13.9. The van der Waals surface area contributed by atoms with Crippen LogP contribution in [0, 0.1) is 10.1 Å². The van der Waals surface area contributed by atoms with Crippen LogP contribution >= 0.6 is 0 Å². The molecule has 0 aliphatic rings. The average Bonchev–Trinajstić information content (AvgIpc) is 2.98. The maximum absolute atomic E-state index is 10.6. The number of hydrogen-bond acceptors (Lipinski definition) is 3. The van der Waals surface area contributed by atoms with Crippen molar-refractivity contribution in [3.63, 3.8) is 0 Å². The predicted octanol–water partition coefficient (Wildman–Crippen LogP) is 2.06. The number of benzene rings is 2. The number of nitrogens with zero attached hydrogens (tertiary/aromatic N) is 4. The lowest BCUT2D eigenvalue weighted by Crippen LogP contribution is -2.32. The average molecular weight is 267 g/mol. The summed E-state index contributed by atoms with van der Waals surface area (Å²) in [5.41, 5.74) is 1.79. The zero-order valence-electron chi connectivity index (χ0n) is 10.5. The summed E-state index contributed by atoms with van der Waals surface area (Å²) in [7, 11) is 0. The van der Waals surface area contributed by atoms with Crippen LogP contribution in [0.2, 0.25) is 0 Å². The Balaban J connectivity index is 1.92. The first-order valence-corrected chi connectivity index (χ1v) is 6.02. The van der Waals surface area contributed by atoms with Crippen LogP contribution in [0.3, 0.4) is 0 Å². The minimum Gasteiger partial charge on any atom is -0.258 e. The number of para-hydroxylation sites is 1. The summed E-state index contributed by atoms with van der Waals surface area (Å²) in [4.78, 5) is 10.2. The van der Waals surface area contributed by atoms with Crippen molar-refractivity contribution in [2.24, 2.45) is 0 Å². The fraction of sp³-hybridized carbons (Fsp3) is 0. The third kappa shape index (κ3) is 2.26. The van der Waals surface area contributed by atoms with Crippen LogP contribution in [0.25, 0.3) is 11.4 Å². The van der Waals surface area contributed by atoms with Crippen LogP contribution in [0.15, 0.2) is 67.0 Å². The van der Waals surface area contributed by atoms with Crippen molar-refractivity contribution in [2.45, 2.75) is 0 Å². The fourth-order valence-electron chi connectivity index (χ4n) is 1.87. The quantitative estimate of drug-likeness (QED) is 0.414. The number of aromatic nitrogens is 3. The molecular weight excluding hydrogens is 256 g/mol. The van der Waals surface area contributed by atoms with E-state index in [9.17, 15) is 10.1 Å². The standard InChI is InChI=1S/C14H11N4O2/c19-18(20)14-8-6-13(7-9-14)17-11-10-16(15-17)12-4-2-1-3-5-12/h1-11H/q+1. The van der Waals surface area contributed by atoms with Crippen LogP contribution < -0.4 is 4.68 Å². The fourth-order valence-corrected chi connectivity index (χ4v) is 1.87. The number of rotatable bonds is 3. The molecule has 6 nitrogen and oxygen atoms in total. The van der Waals surface area contributed by atoms with Gasteiger partial charge >= 0.3 is 0 Å². The monoisotopic (exact) mass is 267 g/mol. The van der Waals surface area contributed by atoms with Crippen molar-refractivity contribution in [3.8, 4) is 11.4 Å². The van der Waals surface area contributed by atoms with Gasteiger partial charge in [0.25, 0.3) is 5.69 Å². The number of non-ortho nitro benzene ring substituents is 1. The van der Waals surface area contributed by atoms with E-state index in [0.29, 0.717) is 0 Å². The van der Waals surface area contributed by atoms with Gasteiger partial charge in [-0.2, -0.15) is 0 Å². The molecule has 0 bridgehead atoms. The van der Waals surface area contributed by atoms with Gasteiger partial charge in [-0.1, -0.05) is 18.2 Å². The second-order valence-corrected chi connectivity index (χ2v) is 4.19. The molecule has 1 heterocycles. The van der Waals surface area contributed by atoms with Gasteiger partial charge in [-0.3, -0.25) is 10.1 Å². The largest absolute Gasteiger partial charge is 0.269 e. The van der Waals surface area contributed by atoms with Gasteiger partial charge in [0.2, 0.25) is 0 Å². The molecule has 0 fully saturated rings. The molecule has 2 aromatic carbocycles. The Kier molecular flexibility index (Phi) is 2.96. The van der Waals surface area contributed by atoms with Gasteiger partial charge in [-0.05, 0) is 24.3 Å². The van der Waals surface area contributed by atoms with Gasteiger partial charge in [-0.15, -0.1) is 9.36 Å². The van der Waals surface area contributed by atoms with Crippen molar-refractivity contribution in [3.05, 3.63) is 77.1 Å². The molecule has 3 rings (SSSR count). The molecule has 0 amide bonds. The first-order chi connectivity index (χ1) is 9.74. The molecule has 0 saturated heterocycles. The molecule has 3 aromatic rings. The predicted molar refractivity (Wildman–Crippen MR) is 71.8 cm³/mol. The summed E-state index contributed by atoms with van der Waals surface area (Å²) in [6.07, 6.45) is 3.63. The highest BCUT2D eigenvalue weighted by atomic mass is 16.6. The van der Waals surface area contributed by atoms with E-state index in [1.807, 2.05) is 36.5 Å². The van der Waals surface area contributed by atoms with Gasteiger partial charge in [0.15, 0.2) is 23.8 Å². The lowest BCUT2D eigenvalue weighted by molar-refractivity contribution is -0.661. The minimum absolute atomic E-state index is 0.0665. The molecule has 0 N–H and O–H groups in total. The van der Waals surface area contributed by atoms with Crippen molar-refractivity contribution in [2.75, 3.05) is 0 Å². The molecule has 6 heteroatoms. The second kappa shape index (κ2) is 4.93. The Morgan fingerprint density at radius 3 is 2.40 bits per heavy atom. The summed E-state index contributed by atoms with van der Waals surface area (Å²) < 4.78 is 3.40. The Labute approximate surface area is 114 Å². The molecule has 0 spiro atoms. The summed E-state index contributed by atoms with van der Waals surface area (Å²) in [6.45, 7) is 0. The second-order valence-electron chi connectivity index (χ2n) is 4.19. The van der Waals surface area contributed by atoms with E-state index in [4.69, 9.17) is 0 Å². The maximum Gasteiger partial charge on any atom is 0.269 e. The molecule has 0 saturated carbocycles. The number of hydrogen-bond donors (Lipinski definition) is 0. The van der Waals surface area contributed by atoms with Gasteiger partial charge in [0.05, 0.1) is 4.92 Å². The van der Waals surface area contributed by atoms with E-state index in [1.54, 1.807) is 27.7 Å². The van der Waals surface area contributed by atoms with Crippen molar-refractivity contribution in [1.82, 2.24) is 9.90 Å². The Morgan fingerprint density at radius 1 is 1.05 bits per heavy atom. The normalized spacial score (nSPS) is 10.4. The van der Waals surface area contributed by atoms with Crippen molar-refractivity contribution < 1.29 is 9.61 Å². The van der Waals surface area contributed by atoms with Crippen LogP contribution in [-0.2, 0) is 0 Å². The maximum atomic E-state index is 10.6. The van der Waals surface area contributed by atoms with Gasteiger partial charge in [0, 0.05) is 12.1 Å². The van der Waals surface area contributed by atoms with Crippen LogP contribution in [0.5, 0.6) is 0 Å². The Hall–Kier alpha value is -3.02. The smallest absolute Gasteiger partial charge is 0.258 e. The summed E-state index contributed by atoms with van der Waals surface area (Å²) >= 11 is 0. The summed E-state index contributed by atoms with van der Waals surface area (Å²) in [5, 5.41) is 15.0. The van der Waals surface area contributed by atoms with E-state index in [-0.39, 0.29) is 5.69 Å². The number of nitro groups is 1. The molecule has 0 aliphatic heterocycles. The molecular formula is C14H11N4O2+. The minimum atomic E-state index is -0.420. The Bertz CT molecular complexity index is 735. The molecule has 98 valence electrons. The highest BCUT2D eigenvalue weighted by molar-refractivity contribution is 5.36. The molecule has 20 heavy (non-hydrogen) atoms. The highest BCUT2D eigenvalue weighted by Crippen LogP contribution is 2.11.